The number of pyridine rings is 1. The van der Waals surface area contributed by atoms with E-state index in [0.29, 0.717) is 36.0 Å². The number of halogens is 2. The van der Waals surface area contributed by atoms with Crippen LogP contribution in [0.2, 0.25) is 0 Å². The van der Waals surface area contributed by atoms with Gasteiger partial charge in [-0.2, -0.15) is 0 Å². The van der Waals surface area contributed by atoms with Gasteiger partial charge in [0.05, 0.1) is 22.4 Å². The maximum atomic E-state index is 13.7. The molecular weight excluding hydrogens is 440 g/mol. The molecule has 34 heavy (non-hydrogen) atoms. The number of carbonyl (C=O) groups is 1. The van der Waals surface area contributed by atoms with Gasteiger partial charge >= 0.3 is 5.97 Å². The molecule has 178 valence electrons. The van der Waals surface area contributed by atoms with Crippen molar-refractivity contribution in [2.24, 2.45) is 5.92 Å². The molecule has 2 heterocycles. The molecule has 0 amide bonds. The van der Waals surface area contributed by atoms with Crippen molar-refractivity contribution >= 4 is 28.3 Å². The van der Waals surface area contributed by atoms with Crippen LogP contribution in [-0.2, 0) is 6.54 Å². The van der Waals surface area contributed by atoms with Crippen molar-refractivity contribution in [1.82, 2.24) is 9.55 Å². The average molecular weight is 468 g/mol. The van der Waals surface area contributed by atoms with E-state index in [4.69, 9.17) is 5.41 Å². The minimum Gasteiger partial charge on any atom is -0.512 e. The summed E-state index contributed by atoms with van der Waals surface area (Å²) >= 11 is 0. The van der Waals surface area contributed by atoms with Gasteiger partial charge in [0.2, 0.25) is 5.92 Å². The summed E-state index contributed by atoms with van der Waals surface area (Å²) in [6.45, 7) is 3.66. The number of alkyl halides is 2. The van der Waals surface area contributed by atoms with E-state index in [1.54, 1.807) is 25.3 Å². The molecule has 1 aliphatic carbocycles. The van der Waals surface area contributed by atoms with E-state index in [0.717, 1.165) is 16.6 Å². The first-order chi connectivity index (χ1) is 16.1. The predicted molar refractivity (Wildman–Crippen MR) is 128 cm³/mol. The molecule has 3 N–H and O–H groups in total. The van der Waals surface area contributed by atoms with Crippen LogP contribution in [0.1, 0.15) is 55.5 Å². The lowest BCUT2D eigenvalue weighted by atomic mass is 9.87. The molecule has 0 unspecified atom stereocenters. The third kappa shape index (κ3) is 4.71. The van der Waals surface area contributed by atoms with Crippen LogP contribution in [0.5, 0.6) is 0 Å². The summed E-state index contributed by atoms with van der Waals surface area (Å²) in [5, 5.41) is 27.4. The molecule has 0 aliphatic heterocycles. The van der Waals surface area contributed by atoms with Gasteiger partial charge in [0.15, 0.2) is 0 Å². The summed E-state index contributed by atoms with van der Waals surface area (Å²) in [7, 11) is 0. The molecule has 0 saturated heterocycles. The summed E-state index contributed by atoms with van der Waals surface area (Å²) < 4.78 is 29.3. The first kappa shape index (κ1) is 23.6. The van der Waals surface area contributed by atoms with Crippen LogP contribution < -0.4 is 0 Å². The van der Waals surface area contributed by atoms with Crippen LogP contribution in [0.25, 0.3) is 27.7 Å². The minimum absolute atomic E-state index is 0.0192. The van der Waals surface area contributed by atoms with Crippen molar-refractivity contribution in [3.63, 3.8) is 0 Å². The molecule has 8 heteroatoms. The highest BCUT2D eigenvalue weighted by molar-refractivity contribution is 6.22. The Morgan fingerprint density at radius 2 is 1.79 bits per heavy atom. The summed E-state index contributed by atoms with van der Waals surface area (Å²) in [6.07, 6.45) is 4.17. The number of aromatic carboxylic acids is 1. The number of allylic oxidation sites excluding steroid dienone is 2. The lowest BCUT2D eigenvalue weighted by molar-refractivity contribution is -0.0472. The standard InChI is InChI=1S/C26H27F2N3O3/c1-15(29)23(16(2)32)20-11-22-24(30-12-20)21(18-3-5-19(6-4-18)25(33)34)14-31(22)13-17-7-9-26(27,28)10-8-17/h3-6,11-12,14,17,29,32H,7-10,13H2,1-2H3,(H,33,34)/b23-16+,29-15?. The number of fused-ring (bicyclic) bond motifs is 1. The van der Waals surface area contributed by atoms with Crippen LogP contribution in [0.15, 0.2) is 48.5 Å². The van der Waals surface area contributed by atoms with Crippen LogP contribution in [0, 0.1) is 11.3 Å². The van der Waals surface area contributed by atoms with E-state index in [2.05, 4.69) is 4.98 Å². The Balaban J connectivity index is 1.81. The number of aliphatic hydroxyl groups is 1. The maximum Gasteiger partial charge on any atom is 0.335 e. The zero-order valence-electron chi connectivity index (χ0n) is 19.1. The summed E-state index contributed by atoms with van der Waals surface area (Å²) in [6, 6.07) is 8.39. The summed E-state index contributed by atoms with van der Waals surface area (Å²) in [4.78, 5) is 15.9. The topological polar surface area (TPSA) is 99.2 Å². The zero-order valence-corrected chi connectivity index (χ0v) is 19.1. The number of aromatic nitrogens is 2. The minimum atomic E-state index is -2.60. The predicted octanol–water partition coefficient (Wildman–Crippen LogP) is 6.56. The monoisotopic (exact) mass is 467 g/mol. The second-order valence-electron chi connectivity index (χ2n) is 9.05. The van der Waals surface area contributed by atoms with Gasteiger partial charge in [0.25, 0.3) is 0 Å². The van der Waals surface area contributed by atoms with Crippen LogP contribution in [0.4, 0.5) is 8.78 Å². The van der Waals surface area contributed by atoms with Gasteiger partial charge in [-0.1, -0.05) is 12.1 Å². The quantitative estimate of drug-likeness (QED) is 0.282. The fourth-order valence-corrected chi connectivity index (χ4v) is 4.71. The highest BCUT2D eigenvalue weighted by Gasteiger charge is 2.35. The van der Waals surface area contributed by atoms with Crippen molar-refractivity contribution in [3.05, 3.63) is 59.6 Å². The first-order valence-electron chi connectivity index (χ1n) is 11.2. The number of carboxylic acids is 1. The van der Waals surface area contributed by atoms with Gasteiger partial charge in [0, 0.05) is 54.2 Å². The third-order valence-electron chi connectivity index (χ3n) is 6.48. The number of nitrogens with zero attached hydrogens (tertiary/aromatic N) is 2. The average Bonchev–Trinajstić information content (AvgIpc) is 3.12. The Morgan fingerprint density at radius 1 is 1.15 bits per heavy atom. The molecule has 1 fully saturated rings. The Labute approximate surface area is 196 Å². The second-order valence-corrected chi connectivity index (χ2v) is 9.05. The number of benzene rings is 1. The van der Waals surface area contributed by atoms with Crippen LogP contribution >= 0.6 is 0 Å². The highest BCUT2D eigenvalue weighted by atomic mass is 19.3. The molecule has 1 aliphatic rings. The molecule has 0 radical (unpaired) electrons. The molecule has 0 spiro atoms. The van der Waals surface area contributed by atoms with Crippen molar-refractivity contribution in [2.45, 2.75) is 52.0 Å². The van der Waals surface area contributed by atoms with Gasteiger partial charge in [-0.25, -0.2) is 13.6 Å². The number of nitrogens with one attached hydrogen (secondary N) is 1. The number of hydrogen-bond donors (Lipinski definition) is 3. The second kappa shape index (κ2) is 9.00. The molecule has 6 nitrogen and oxygen atoms in total. The Hall–Kier alpha value is -3.55. The SMILES string of the molecule is CC(=N)/C(=C(/C)O)c1cnc2c(-c3ccc(C(=O)O)cc3)cn(CC3CCC(F)(F)CC3)c2c1. The van der Waals surface area contributed by atoms with E-state index in [1.165, 1.54) is 19.1 Å². The fraction of sp³-hybridized carbons (Fsp3) is 0.346. The molecule has 3 aromatic rings. The van der Waals surface area contributed by atoms with Gasteiger partial charge in [-0.05, 0) is 56.4 Å². The number of aliphatic hydroxyl groups excluding tert-OH is 1. The van der Waals surface area contributed by atoms with E-state index >= 15 is 0 Å². The Bertz CT molecular complexity index is 1280. The Kier molecular flexibility index (Phi) is 6.25. The highest BCUT2D eigenvalue weighted by Crippen LogP contribution is 2.38. The molecule has 2 aromatic heterocycles. The fourth-order valence-electron chi connectivity index (χ4n) is 4.71. The lowest BCUT2D eigenvalue weighted by Gasteiger charge is -2.28. The molecule has 1 saturated carbocycles. The molecule has 4 rings (SSSR count). The lowest BCUT2D eigenvalue weighted by Crippen LogP contribution is -2.26. The Morgan fingerprint density at radius 3 is 2.35 bits per heavy atom. The molecule has 0 bridgehead atoms. The number of rotatable bonds is 6. The smallest absolute Gasteiger partial charge is 0.335 e. The van der Waals surface area contributed by atoms with Gasteiger partial charge in [-0.15, -0.1) is 0 Å². The van der Waals surface area contributed by atoms with E-state index in [-0.39, 0.29) is 35.8 Å². The third-order valence-corrected chi connectivity index (χ3v) is 6.48. The summed E-state index contributed by atoms with van der Waals surface area (Å²) in [5.41, 5.74) is 4.43. The van der Waals surface area contributed by atoms with Gasteiger partial charge in [-0.3, -0.25) is 4.98 Å². The van der Waals surface area contributed by atoms with Crippen molar-refractivity contribution in [1.29, 1.82) is 5.41 Å². The van der Waals surface area contributed by atoms with Crippen LogP contribution in [-0.4, -0.2) is 37.4 Å². The van der Waals surface area contributed by atoms with Crippen molar-refractivity contribution in [3.8, 4) is 11.1 Å². The van der Waals surface area contributed by atoms with E-state index in [1.807, 2.05) is 16.8 Å². The zero-order chi connectivity index (χ0) is 24.6. The molecule has 1 aromatic carbocycles. The maximum absolute atomic E-state index is 13.7. The number of carboxylic acid groups (broad SMARTS) is 1. The molecule has 0 atom stereocenters. The van der Waals surface area contributed by atoms with Crippen molar-refractivity contribution in [2.75, 3.05) is 0 Å². The van der Waals surface area contributed by atoms with Crippen molar-refractivity contribution < 1.29 is 23.8 Å². The van der Waals surface area contributed by atoms with Crippen LogP contribution in [0.3, 0.4) is 0 Å². The first-order valence-corrected chi connectivity index (χ1v) is 11.2. The van der Waals surface area contributed by atoms with E-state index < -0.39 is 11.9 Å². The van der Waals surface area contributed by atoms with Gasteiger partial charge in [0.1, 0.15) is 0 Å². The number of hydrogen-bond acceptors (Lipinski definition) is 4. The summed E-state index contributed by atoms with van der Waals surface area (Å²) in [5.74, 6) is -3.49. The van der Waals surface area contributed by atoms with Gasteiger partial charge < -0.3 is 20.2 Å². The molecular formula is C26H27F2N3O3. The van der Waals surface area contributed by atoms with E-state index in [9.17, 15) is 23.8 Å². The largest absolute Gasteiger partial charge is 0.512 e. The normalized spacial score (nSPS) is 16.9.